The van der Waals surface area contributed by atoms with Crippen LogP contribution in [-0.2, 0) is 11.0 Å². The predicted molar refractivity (Wildman–Crippen MR) is 61.5 cm³/mol. The first kappa shape index (κ1) is 12.2. The highest BCUT2D eigenvalue weighted by molar-refractivity contribution is 5.92. The Bertz CT molecular complexity index is 626. The number of nitrogens with two attached hydrogens (primary N) is 1. The number of aromatic amines is 1. The molecule has 1 aromatic carbocycles. The lowest BCUT2D eigenvalue weighted by atomic mass is 10.1. The third kappa shape index (κ3) is 2.37. The normalized spacial score (nSPS) is 12.4. The molecule has 0 fully saturated rings. The number of primary amides is 1. The Morgan fingerprint density at radius 3 is 2.67 bits per heavy atom. The second-order valence-electron chi connectivity index (χ2n) is 3.73. The van der Waals surface area contributed by atoms with Gasteiger partial charge < -0.3 is 10.7 Å². The Hall–Kier alpha value is -2.24. The molecule has 6 heteroatoms. The zero-order valence-corrected chi connectivity index (χ0v) is 9.08. The molecular formula is C12H9F3N2O. The van der Waals surface area contributed by atoms with Crippen LogP contribution in [0.3, 0.4) is 0 Å². The number of para-hydroxylation sites is 1. The van der Waals surface area contributed by atoms with Crippen molar-refractivity contribution in [1.29, 1.82) is 0 Å². The molecule has 2 aromatic rings. The Labute approximate surface area is 100 Å². The van der Waals surface area contributed by atoms with Crippen molar-refractivity contribution >= 4 is 22.9 Å². The van der Waals surface area contributed by atoms with Crippen molar-refractivity contribution in [1.82, 2.24) is 4.98 Å². The van der Waals surface area contributed by atoms with Gasteiger partial charge in [0.1, 0.15) is 0 Å². The molecule has 0 unspecified atom stereocenters. The van der Waals surface area contributed by atoms with Crippen molar-refractivity contribution in [2.24, 2.45) is 5.73 Å². The Balaban J connectivity index is 2.55. The molecule has 0 radical (unpaired) electrons. The second-order valence-corrected chi connectivity index (χ2v) is 3.73. The van der Waals surface area contributed by atoms with Crippen molar-refractivity contribution in [3.63, 3.8) is 0 Å². The van der Waals surface area contributed by atoms with Crippen LogP contribution >= 0.6 is 0 Å². The van der Waals surface area contributed by atoms with Crippen LogP contribution in [0.1, 0.15) is 11.3 Å². The van der Waals surface area contributed by atoms with Crippen molar-refractivity contribution in [3.8, 4) is 0 Å². The highest BCUT2D eigenvalue weighted by Gasteiger charge is 2.32. The van der Waals surface area contributed by atoms with Crippen LogP contribution in [-0.4, -0.2) is 10.9 Å². The lowest BCUT2D eigenvalue weighted by Gasteiger charge is -2.07. The summed E-state index contributed by atoms with van der Waals surface area (Å²) >= 11 is 0. The van der Waals surface area contributed by atoms with E-state index in [-0.39, 0.29) is 5.52 Å². The summed E-state index contributed by atoms with van der Waals surface area (Å²) in [6.07, 6.45) is -2.00. The Kier molecular flexibility index (Phi) is 2.86. The fourth-order valence-corrected chi connectivity index (χ4v) is 1.68. The topological polar surface area (TPSA) is 58.9 Å². The van der Waals surface area contributed by atoms with E-state index < -0.39 is 17.6 Å². The number of nitrogens with one attached hydrogen (secondary N) is 1. The van der Waals surface area contributed by atoms with Crippen LogP contribution in [0.25, 0.3) is 17.0 Å². The van der Waals surface area contributed by atoms with Crippen molar-refractivity contribution < 1.29 is 18.0 Å². The molecule has 0 spiro atoms. The minimum atomic E-state index is -4.42. The molecule has 2 rings (SSSR count). The average Bonchev–Trinajstić information content (AvgIpc) is 2.66. The number of carbonyl (C=O) groups excluding carboxylic acids is 1. The number of halogens is 3. The Morgan fingerprint density at radius 2 is 2.06 bits per heavy atom. The first-order chi connectivity index (χ1) is 8.38. The SMILES string of the molecule is NC(=O)/C=C/c1cc2cccc(C(F)(F)F)c2[nH]1. The number of rotatable bonds is 2. The number of fused-ring (bicyclic) bond motifs is 1. The fraction of sp³-hybridized carbons (Fsp3) is 0.0833. The first-order valence-corrected chi connectivity index (χ1v) is 5.04. The van der Waals surface area contributed by atoms with E-state index in [1.165, 1.54) is 18.2 Å². The van der Waals surface area contributed by atoms with Gasteiger partial charge in [0, 0.05) is 17.2 Å². The Morgan fingerprint density at radius 1 is 1.33 bits per heavy atom. The molecule has 3 N–H and O–H groups in total. The van der Waals surface area contributed by atoms with Gasteiger partial charge in [-0.3, -0.25) is 4.79 Å². The van der Waals surface area contributed by atoms with Gasteiger partial charge in [0.05, 0.1) is 11.1 Å². The maximum absolute atomic E-state index is 12.7. The monoisotopic (exact) mass is 254 g/mol. The van der Waals surface area contributed by atoms with Crippen molar-refractivity contribution in [2.75, 3.05) is 0 Å². The minimum Gasteiger partial charge on any atom is -0.366 e. The van der Waals surface area contributed by atoms with Gasteiger partial charge >= 0.3 is 6.18 Å². The molecule has 1 amide bonds. The zero-order chi connectivity index (χ0) is 13.3. The van der Waals surface area contributed by atoms with E-state index in [0.29, 0.717) is 11.1 Å². The molecule has 1 heterocycles. The number of benzene rings is 1. The van der Waals surface area contributed by atoms with Gasteiger partial charge in [0.25, 0.3) is 0 Å². The van der Waals surface area contributed by atoms with Gasteiger partial charge in [-0.1, -0.05) is 12.1 Å². The van der Waals surface area contributed by atoms with Crippen LogP contribution in [0.4, 0.5) is 13.2 Å². The van der Waals surface area contributed by atoms with Crippen molar-refractivity contribution in [3.05, 3.63) is 41.6 Å². The molecule has 0 aliphatic rings. The summed E-state index contributed by atoms with van der Waals surface area (Å²) in [6.45, 7) is 0. The summed E-state index contributed by atoms with van der Waals surface area (Å²) in [5.74, 6) is -0.662. The number of aromatic nitrogens is 1. The molecule has 0 saturated heterocycles. The zero-order valence-electron chi connectivity index (χ0n) is 9.08. The van der Waals surface area contributed by atoms with Gasteiger partial charge in [-0.2, -0.15) is 13.2 Å². The molecule has 0 bridgehead atoms. The third-order valence-electron chi connectivity index (χ3n) is 2.41. The highest BCUT2D eigenvalue weighted by atomic mass is 19.4. The largest absolute Gasteiger partial charge is 0.418 e. The molecule has 18 heavy (non-hydrogen) atoms. The van der Waals surface area contributed by atoms with E-state index >= 15 is 0 Å². The molecule has 0 aliphatic heterocycles. The minimum absolute atomic E-state index is 0.00544. The summed E-state index contributed by atoms with van der Waals surface area (Å²) < 4.78 is 38.2. The van der Waals surface area contributed by atoms with E-state index in [2.05, 4.69) is 4.98 Å². The van der Waals surface area contributed by atoms with E-state index in [9.17, 15) is 18.0 Å². The van der Waals surface area contributed by atoms with Crippen LogP contribution in [0.5, 0.6) is 0 Å². The highest BCUT2D eigenvalue weighted by Crippen LogP contribution is 2.34. The summed E-state index contributed by atoms with van der Waals surface area (Å²) in [4.78, 5) is 13.2. The van der Waals surface area contributed by atoms with Crippen LogP contribution < -0.4 is 5.73 Å². The number of hydrogen-bond acceptors (Lipinski definition) is 1. The number of hydrogen-bond donors (Lipinski definition) is 2. The number of alkyl halides is 3. The van der Waals surface area contributed by atoms with Crippen LogP contribution in [0.2, 0.25) is 0 Å². The maximum Gasteiger partial charge on any atom is 0.418 e. The molecular weight excluding hydrogens is 245 g/mol. The second kappa shape index (κ2) is 4.21. The van der Waals surface area contributed by atoms with Crippen molar-refractivity contribution in [2.45, 2.75) is 6.18 Å². The van der Waals surface area contributed by atoms with Crippen LogP contribution in [0, 0.1) is 0 Å². The summed E-state index contributed by atoms with van der Waals surface area (Å²) in [5.41, 5.74) is 4.56. The predicted octanol–water partition coefficient (Wildman–Crippen LogP) is 2.69. The van der Waals surface area contributed by atoms with Crippen LogP contribution in [0.15, 0.2) is 30.3 Å². The van der Waals surface area contributed by atoms with Gasteiger partial charge in [-0.25, -0.2) is 0 Å². The number of carbonyl (C=O) groups is 1. The van der Waals surface area contributed by atoms with Gasteiger partial charge in [0.2, 0.25) is 5.91 Å². The fourth-order valence-electron chi connectivity index (χ4n) is 1.68. The van der Waals surface area contributed by atoms with E-state index in [1.54, 1.807) is 6.07 Å². The molecule has 0 aliphatic carbocycles. The third-order valence-corrected chi connectivity index (χ3v) is 2.41. The van der Waals surface area contributed by atoms with Gasteiger partial charge in [0.15, 0.2) is 0 Å². The quantitative estimate of drug-likeness (QED) is 0.795. The molecule has 94 valence electrons. The first-order valence-electron chi connectivity index (χ1n) is 5.04. The van der Waals surface area contributed by atoms with E-state index in [4.69, 9.17) is 5.73 Å². The molecule has 3 nitrogen and oxygen atoms in total. The van der Waals surface area contributed by atoms with E-state index in [1.807, 2.05) is 0 Å². The standard InChI is InChI=1S/C12H9F3N2O/c13-12(14,15)9-3-1-2-7-6-8(17-11(7)9)4-5-10(16)18/h1-6,17H,(H2,16,18)/b5-4+. The summed E-state index contributed by atoms with van der Waals surface area (Å²) in [7, 11) is 0. The molecule has 0 atom stereocenters. The summed E-state index contributed by atoms with van der Waals surface area (Å²) in [6, 6.07) is 5.41. The summed E-state index contributed by atoms with van der Waals surface area (Å²) in [5, 5.41) is 0.425. The lowest BCUT2D eigenvalue weighted by Crippen LogP contribution is -2.05. The van der Waals surface area contributed by atoms with Gasteiger partial charge in [-0.05, 0) is 18.2 Å². The van der Waals surface area contributed by atoms with Gasteiger partial charge in [-0.15, -0.1) is 0 Å². The number of amides is 1. The van der Waals surface area contributed by atoms with E-state index in [0.717, 1.165) is 12.1 Å². The lowest BCUT2D eigenvalue weighted by molar-refractivity contribution is -0.136. The number of H-pyrrole nitrogens is 1. The average molecular weight is 254 g/mol. The molecule has 0 saturated carbocycles. The maximum atomic E-state index is 12.7. The smallest absolute Gasteiger partial charge is 0.366 e. The molecule has 1 aromatic heterocycles.